The molecular formula is C20H32N2O6S. The summed E-state index contributed by atoms with van der Waals surface area (Å²) in [6.07, 6.45) is 3.55. The number of hydrogen-bond donors (Lipinski definition) is 6. The number of aromatic hydroxyl groups is 2. The van der Waals surface area contributed by atoms with Gasteiger partial charge in [-0.15, -0.1) is 0 Å². The highest BCUT2D eigenvalue weighted by Gasteiger charge is 2.07. The lowest BCUT2D eigenvalue weighted by Crippen LogP contribution is -1.95. The molecule has 0 heterocycles. The number of nitrogens with two attached hydrogens (primary N) is 2. The fraction of sp³-hybridized carbons (Fsp3) is 0.400. The lowest BCUT2D eigenvalue weighted by Gasteiger charge is -2.09. The van der Waals surface area contributed by atoms with Gasteiger partial charge in [-0.2, -0.15) is 8.42 Å². The smallest absolute Gasteiger partial charge is 0.394 e. The number of phenols is 2. The van der Waals surface area contributed by atoms with E-state index in [4.69, 9.17) is 29.0 Å². The van der Waals surface area contributed by atoms with E-state index >= 15 is 0 Å². The van der Waals surface area contributed by atoms with Crippen LogP contribution >= 0.6 is 0 Å². The van der Waals surface area contributed by atoms with E-state index in [0.29, 0.717) is 11.4 Å². The van der Waals surface area contributed by atoms with Crippen molar-refractivity contribution in [3.8, 4) is 11.5 Å². The first-order chi connectivity index (χ1) is 13.4. The Balaban J connectivity index is 0.000000442. The van der Waals surface area contributed by atoms with E-state index in [1.807, 2.05) is 26.0 Å². The molecule has 0 spiro atoms. The molecule has 0 aliphatic carbocycles. The van der Waals surface area contributed by atoms with Gasteiger partial charge in [-0.05, 0) is 60.1 Å². The number of nitrogen functional groups attached to an aromatic ring is 2. The average Bonchev–Trinajstić information content (AvgIpc) is 2.65. The minimum absolute atomic E-state index is 0.261. The van der Waals surface area contributed by atoms with E-state index in [1.54, 1.807) is 12.1 Å². The maximum Gasteiger partial charge on any atom is 0.394 e. The molecule has 0 unspecified atom stereocenters. The number of anilines is 2. The number of aryl methyl sites for hydroxylation is 2. The molecule has 0 aliphatic heterocycles. The summed E-state index contributed by atoms with van der Waals surface area (Å²) in [5.74, 6) is 0.522. The van der Waals surface area contributed by atoms with Gasteiger partial charge in [0.05, 0.1) is 11.4 Å². The minimum atomic E-state index is -4.67. The number of benzene rings is 2. The molecule has 0 saturated heterocycles. The van der Waals surface area contributed by atoms with Crippen LogP contribution in [0.1, 0.15) is 49.9 Å². The molecule has 0 fully saturated rings. The highest BCUT2D eigenvalue weighted by atomic mass is 32.3. The van der Waals surface area contributed by atoms with Crippen molar-refractivity contribution in [2.24, 2.45) is 0 Å². The van der Waals surface area contributed by atoms with Gasteiger partial charge in [-0.25, -0.2) is 0 Å². The van der Waals surface area contributed by atoms with Crippen LogP contribution in [0.5, 0.6) is 11.5 Å². The second-order valence-electron chi connectivity index (χ2n) is 6.14. The van der Waals surface area contributed by atoms with E-state index in [0.717, 1.165) is 36.8 Å². The van der Waals surface area contributed by atoms with Crippen molar-refractivity contribution in [1.29, 1.82) is 0 Å². The van der Waals surface area contributed by atoms with Crippen LogP contribution in [-0.2, 0) is 36.1 Å². The second kappa shape index (κ2) is 12.2. The highest BCUT2D eigenvalue weighted by molar-refractivity contribution is 7.79. The Morgan fingerprint density at radius 3 is 1.17 bits per heavy atom. The number of phenolic OH excluding ortho intramolecular Hbond substituents is 2. The molecule has 29 heavy (non-hydrogen) atoms. The van der Waals surface area contributed by atoms with Gasteiger partial charge in [0, 0.05) is 0 Å². The summed E-state index contributed by atoms with van der Waals surface area (Å²) in [6.45, 7) is 8.19. The van der Waals surface area contributed by atoms with Crippen molar-refractivity contribution in [1.82, 2.24) is 0 Å². The third-order valence-electron chi connectivity index (χ3n) is 4.29. The largest absolute Gasteiger partial charge is 0.505 e. The number of rotatable bonds is 4. The molecule has 2 aromatic rings. The molecule has 0 atom stereocenters. The first kappa shape index (κ1) is 26.5. The quantitative estimate of drug-likeness (QED) is 0.244. The standard InChI is InChI=1S/2C10H15NO.H2O4S/c2*1-3-7-5-6-9(11)10(12)8(7)4-2;1-5(2,3)4/h2*5-6,12H,3-4,11H2,1-2H3;(H2,1,2,3,4). The van der Waals surface area contributed by atoms with Gasteiger partial charge in [0.15, 0.2) is 0 Å². The van der Waals surface area contributed by atoms with E-state index in [9.17, 15) is 10.2 Å². The Kier molecular flexibility index (Phi) is 11.1. The lowest BCUT2D eigenvalue weighted by molar-refractivity contribution is 0.381. The second-order valence-corrected chi connectivity index (χ2v) is 7.04. The summed E-state index contributed by atoms with van der Waals surface area (Å²) in [7, 11) is -4.67. The zero-order valence-electron chi connectivity index (χ0n) is 17.3. The van der Waals surface area contributed by atoms with Gasteiger partial charge < -0.3 is 21.7 Å². The molecule has 2 rings (SSSR count). The SMILES string of the molecule is CCc1ccc(N)c(O)c1CC.CCc1ccc(N)c(O)c1CC.O=S(=O)(O)O. The minimum Gasteiger partial charge on any atom is -0.505 e. The van der Waals surface area contributed by atoms with Crippen LogP contribution in [0.25, 0.3) is 0 Å². The maximum absolute atomic E-state index is 9.58. The summed E-state index contributed by atoms with van der Waals surface area (Å²) >= 11 is 0. The topological polar surface area (TPSA) is 167 Å². The van der Waals surface area contributed by atoms with Gasteiger partial charge in [0.2, 0.25) is 0 Å². The highest BCUT2D eigenvalue weighted by Crippen LogP contribution is 2.29. The van der Waals surface area contributed by atoms with E-state index in [-0.39, 0.29) is 11.5 Å². The zero-order valence-corrected chi connectivity index (χ0v) is 18.1. The van der Waals surface area contributed by atoms with Crippen LogP contribution in [-0.4, -0.2) is 27.7 Å². The Hall–Kier alpha value is -2.49. The molecule has 0 saturated carbocycles. The third-order valence-corrected chi connectivity index (χ3v) is 4.29. The average molecular weight is 429 g/mol. The van der Waals surface area contributed by atoms with E-state index in [2.05, 4.69) is 13.8 Å². The molecule has 0 bridgehead atoms. The Labute approximate surface area is 172 Å². The molecule has 0 amide bonds. The Bertz CT molecular complexity index is 831. The Morgan fingerprint density at radius 1 is 0.690 bits per heavy atom. The Morgan fingerprint density at radius 2 is 0.966 bits per heavy atom. The predicted molar refractivity (Wildman–Crippen MR) is 117 cm³/mol. The first-order valence-corrected chi connectivity index (χ1v) is 10.7. The van der Waals surface area contributed by atoms with Crippen LogP contribution < -0.4 is 11.5 Å². The predicted octanol–water partition coefficient (Wildman–Crippen LogP) is 3.55. The van der Waals surface area contributed by atoms with Crippen molar-refractivity contribution in [2.45, 2.75) is 53.4 Å². The first-order valence-electron chi connectivity index (χ1n) is 9.29. The van der Waals surface area contributed by atoms with Crippen LogP contribution in [0.2, 0.25) is 0 Å². The van der Waals surface area contributed by atoms with Crippen molar-refractivity contribution >= 4 is 21.8 Å². The van der Waals surface area contributed by atoms with Crippen molar-refractivity contribution in [3.05, 3.63) is 46.5 Å². The summed E-state index contributed by atoms with van der Waals surface area (Å²) < 4.78 is 31.6. The van der Waals surface area contributed by atoms with Crippen LogP contribution in [0, 0.1) is 0 Å². The van der Waals surface area contributed by atoms with Crippen molar-refractivity contribution < 1.29 is 27.7 Å². The third kappa shape index (κ3) is 9.03. The molecule has 2 aromatic carbocycles. The molecule has 164 valence electrons. The number of hydrogen-bond acceptors (Lipinski definition) is 6. The van der Waals surface area contributed by atoms with Gasteiger partial charge in [-0.1, -0.05) is 39.8 Å². The molecule has 0 radical (unpaired) electrons. The van der Waals surface area contributed by atoms with Gasteiger partial charge in [0.25, 0.3) is 0 Å². The van der Waals surface area contributed by atoms with Crippen LogP contribution in [0.15, 0.2) is 24.3 Å². The van der Waals surface area contributed by atoms with E-state index in [1.165, 1.54) is 11.1 Å². The van der Waals surface area contributed by atoms with Gasteiger partial charge in [0.1, 0.15) is 11.5 Å². The molecular weight excluding hydrogens is 396 g/mol. The summed E-state index contributed by atoms with van der Waals surface area (Å²) in [6, 6.07) is 7.47. The molecule has 0 aromatic heterocycles. The monoisotopic (exact) mass is 428 g/mol. The lowest BCUT2D eigenvalue weighted by atomic mass is 10.0. The van der Waals surface area contributed by atoms with Crippen LogP contribution in [0.3, 0.4) is 0 Å². The van der Waals surface area contributed by atoms with Crippen molar-refractivity contribution in [3.63, 3.8) is 0 Å². The van der Waals surface area contributed by atoms with Gasteiger partial charge >= 0.3 is 10.4 Å². The van der Waals surface area contributed by atoms with E-state index < -0.39 is 10.4 Å². The molecule has 9 heteroatoms. The van der Waals surface area contributed by atoms with Gasteiger partial charge in [-0.3, -0.25) is 9.11 Å². The van der Waals surface area contributed by atoms with Crippen LogP contribution in [0.4, 0.5) is 11.4 Å². The molecule has 8 N–H and O–H groups in total. The fourth-order valence-corrected chi connectivity index (χ4v) is 2.84. The maximum atomic E-state index is 9.58. The summed E-state index contributed by atoms with van der Waals surface area (Å²) in [5.41, 5.74) is 16.4. The molecule has 8 nitrogen and oxygen atoms in total. The fourth-order valence-electron chi connectivity index (χ4n) is 2.84. The summed E-state index contributed by atoms with van der Waals surface area (Å²) in [4.78, 5) is 0. The van der Waals surface area contributed by atoms with Crippen molar-refractivity contribution in [2.75, 3.05) is 11.5 Å². The zero-order chi connectivity index (χ0) is 22.8. The normalized spacial score (nSPS) is 10.4. The summed E-state index contributed by atoms with van der Waals surface area (Å²) in [5, 5.41) is 19.2. The molecule has 0 aliphatic rings.